The van der Waals surface area contributed by atoms with Crippen LogP contribution in [0, 0.1) is 13.8 Å². The Labute approximate surface area is 198 Å². The monoisotopic (exact) mass is 460 g/mol. The maximum Gasteiger partial charge on any atom is 0.259 e. The van der Waals surface area contributed by atoms with Crippen molar-refractivity contribution in [2.45, 2.75) is 20.3 Å². The number of hydrogen-bond acceptors (Lipinski definition) is 6. The van der Waals surface area contributed by atoms with Crippen molar-refractivity contribution in [3.63, 3.8) is 0 Å². The number of piperazine rings is 1. The molecule has 4 aromatic rings. The summed E-state index contributed by atoms with van der Waals surface area (Å²) >= 11 is 1.58. The van der Waals surface area contributed by atoms with E-state index in [1.165, 1.54) is 10.1 Å². The van der Waals surface area contributed by atoms with Gasteiger partial charge in [0.2, 0.25) is 0 Å². The predicted octanol–water partition coefficient (Wildman–Crippen LogP) is 5.12. The van der Waals surface area contributed by atoms with Gasteiger partial charge in [-0.25, -0.2) is 0 Å². The van der Waals surface area contributed by atoms with E-state index in [1.54, 1.807) is 17.6 Å². The van der Waals surface area contributed by atoms with Crippen molar-refractivity contribution < 1.29 is 9.21 Å². The fourth-order valence-electron chi connectivity index (χ4n) is 4.47. The number of aromatic nitrogens is 1. The number of nitrogens with one attached hydrogen (secondary N) is 1. The van der Waals surface area contributed by atoms with Crippen LogP contribution in [0.5, 0.6) is 0 Å². The second-order valence-corrected chi connectivity index (χ2v) is 9.32. The zero-order chi connectivity index (χ0) is 22.8. The van der Waals surface area contributed by atoms with E-state index in [2.05, 4.69) is 45.4 Å². The number of carbonyl (C=O) groups excluding carboxylic acids is 1. The Bertz CT molecular complexity index is 1270. The lowest BCUT2D eigenvalue weighted by Gasteiger charge is -2.35. The first kappa shape index (κ1) is 21.7. The first-order valence-corrected chi connectivity index (χ1v) is 12.1. The number of para-hydroxylation sites is 1. The maximum absolute atomic E-state index is 12.8. The molecule has 1 amide bonds. The van der Waals surface area contributed by atoms with Gasteiger partial charge >= 0.3 is 0 Å². The van der Waals surface area contributed by atoms with E-state index >= 15 is 0 Å². The number of nitrogens with zero attached hydrogens (tertiary/aromatic N) is 3. The molecule has 0 bridgehead atoms. The molecule has 0 aliphatic carbocycles. The van der Waals surface area contributed by atoms with Gasteiger partial charge in [-0.3, -0.25) is 9.69 Å². The normalized spacial score (nSPS) is 14.7. The number of carbonyl (C=O) groups is 1. The van der Waals surface area contributed by atoms with Crippen LogP contribution in [0.1, 0.15) is 27.4 Å². The molecule has 170 valence electrons. The standard InChI is InChI=1S/C26H28N4O2S/c1-18-17-22(19(2)32-18)26(31)27-23-9-5-3-7-20(23)11-12-29-13-15-30(16-14-29)25-21-8-4-6-10-24(21)33-28-25/h3-10,17H,11-16H2,1-2H3,(H,27,31). The van der Waals surface area contributed by atoms with Gasteiger partial charge in [-0.05, 0) is 61.6 Å². The minimum atomic E-state index is -0.124. The second kappa shape index (κ2) is 9.37. The maximum atomic E-state index is 12.8. The Kier molecular flexibility index (Phi) is 6.15. The summed E-state index contributed by atoms with van der Waals surface area (Å²) in [6.07, 6.45) is 0.888. The van der Waals surface area contributed by atoms with Crippen LogP contribution < -0.4 is 10.2 Å². The predicted molar refractivity (Wildman–Crippen MR) is 135 cm³/mol. The number of furan rings is 1. The van der Waals surface area contributed by atoms with Crippen LogP contribution in [-0.2, 0) is 6.42 Å². The first-order chi connectivity index (χ1) is 16.1. The van der Waals surface area contributed by atoms with Gasteiger partial charge < -0.3 is 14.6 Å². The third-order valence-electron chi connectivity index (χ3n) is 6.28. The summed E-state index contributed by atoms with van der Waals surface area (Å²) in [5.74, 6) is 2.39. The van der Waals surface area contributed by atoms with Crippen molar-refractivity contribution in [3.05, 3.63) is 77.2 Å². The van der Waals surface area contributed by atoms with Crippen molar-refractivity contribution in [1.82, 2.24) is 9.27 Å². The zero-order valence-electron chi connectivity index (χ0n) is 19.0. The van der Waals surface area contributed by atoms with Crippen molar-refractivity contribution in [3.8, 4) is 0 Å². The SMILES string of the molecule is Cc1cc(C(=O)Nc2ccccc2CCN2CCN(c3nsc4ccccc34)CC2)c(C)o1. The highest BCUT2D eigenvalue weighted by Crippen LogP contribution is 2.30. The molecular weight excluding hydrogens is 432 g/mol. The third kappa shape index (κ3) is 4.65. The van der Waals surface area contributed by atoms with Gasteiger partial charge in [0.05, 0.1) is 10.3 Å². The Balaban J connectivity index is 1.19. The third-order valence-corrected chi connectivity index (χ3v) is 7.10. The summed E-state index contributed by atoms with van der Waals surface area (Å²) in [5.41, 5.74) is 2.61. The van der Waals surface area contributed by atoms with Gasteiger partial charge in [0.15, 0.2) is 0 Å². The van der Waals surface area contributed by atoms with Crippen LogP contribution in [0.25, 0.3) is 10.1 Å². The molecule has 7 heteroatoms. The van der Waals surface area contributed by atoms with Gasteiger partial charge in [-0.15, -0.1) is 0 Å². The Hall–Kier alpha value is -3.16. The largest absolute Gasteiger partial charge is 0.466 e. The Morgan fingerprint density at radius 2 is 1.82 bits per heavy atom. The van der Waals surface area contributed by atoms with Crippen molar-refractivity contribution in [2.75, 3.05) is 42.9 Å². The first-order valence-electron chi connectivity index (χ1n) is 11.4. The van der Waals surface area contributed by atoms with E-state index in [0.717, 1.165) is 62.0 Å². The average Bonchev–Trinajstić information content (AvgIpc) is 3.41. The van der Waals surface area contributed by atoms with E-state index < -0.39 is 0 Å². The summed E-state index contributed by atoms with van der Waals surface area (Å²) < 4.78 is 11.5. The van der Waals surface area contributed by atoms with Gasteiger partial charge in [-0.1, -0.05) is 30.3 Å². The summed E-state index contributed by atoms with van der Waals surface area (Å²) in [7, 11) is 0. The Morgan fingerprint density at radius 3 is 2.61 bits per heavy atom. The number of aryl methyl sites for hydroxylation is 2. The van der Waals surface area contributed by atoms with E-state index in [0.29, 0.717) is 11.3 Å². The lowest BCUT2D eigenvalue weighted by molar-refractivity contribution is 0.102. The number of anilines is 2. The van der Waals surface area contributed by atoms with Gasteiger partial charge in [0.1, 0.15) is 17.3 Å². The number of benzene rings is 2. The topological polar surface area (TPSA) is 61.6 Å². The molecular formula is C26H28N4O2S. The van der Waals surface area contributed by atoms with Gasteiger partial charge in [-0.2, -0.15) is 4.37 Å². The van der Waals surface area contributed by atoms with Crippen molar-refractivity contribution in [2.24, 2.45) is 0 Å². The van der Waals surface area contributed by atoms with E-state index in [-0.39, 0.29) is 5.91 Å². The van der Waals surface area contributed by atoms with Gasteiger partial charge in [0.25, 0.3) is 5.91 Å². The number of fused-ring (bicyclic) bond motifs is 1. The van der Waals surface area contributed by atoms with Crippen LogP contribution >= 0.6 is 11.5 Å². The molecule has 1 N–H and O–H groups in total. The second-order valence-electron chi connectivity index (χ2n) is 8.52. The molecule has 3 heterocycles. The quantitative estimate of drug-likeness (QED) is 0.433. The highest BCUT2D eigenvalue weighted by Gasteiger charge is 2.21. The fourth-order valence-corrected chi connectivity index (χ4v) is 5.26. The van der Waals surface area contributed by atoms with Gasteiger partial charge in [0, 0.05) is 43.8 Å². The molecule has 0 radical (unpaired) electrons. The summed E-state index contributed by atoms with van der Waals surface area (Å²) in [6, 6.07) is 18.3. The molecule has 2 aromatic carbocycles. The Morgan fingerprint density at radius 1 is 1.06 bits per heavy atom. The van der Waals surface area contributed by atoms with Crippen LogP contribution in [-0.4, -0.2) is 47.9 Å². The molecule has 0 saturated carbocycles. The smallest absolute Gasteiger partial charge is 0.259 e. The molecule has 2 aromatic heterocycles. The summed E-state index contributed by atoms with van der Waals surface area (Å²) in [6.45, 7) is 8.61. The highest BCUT2D eigenvalue weighted by atomic mass is 32.1. The molecule has 33 heavy (non-hydrogen) atoms. The molecule has 5 rings (SSSR count). The molecule has 1 saturated heterocycles. The molecule has 1 fully saturated rings. The van der Waals surface area contributed by atoms with E-state index in [4.69, 9.17) is 8.79 Å². The molecule has 1 aliphatic rings. The van der Waals surface area contributed by atoms with Crippen molar-refractivity contribution in [1.29, 1.82) is 0 Å². The molecule has 0 unspecified atom stereocenters. The van der Waals surface area contributed by atoms with Crippen LogP contribution in [0.3, 0.4) is 0 Å². The molecule has 6 nitrogen and oxygen atoms in total. The van der Waals surface area contributed by atoms with Crippen LogP contribution in [0.2, 0.25) is 0 Å². The van der Waals surface area contributed by atoms with E-state index in [9.17, 15) is 4.79 Å². The molecule has 0 spiro atoms. The van der Waals surface area contributed by atoms with Crippen LogP contribution in [0.15, 0.2) is 59.0 Å². The minimum absolute atomic E-state index is 0.124. The lowest BCUT2D eigenvalue weighted by Crippen LogP contribution is -2.47. The lowest BCUT2D eigenvalue weighted by atomic mass is 10.1. The fraction of sp³-hybridized carbons (Fsp3) is 0.308. The van der Waals surface area contributed by atoms with Crippen LogP contribution in [0.4, 0.5) is 11.5 Å². The number of hydrogen-bond donors (Lipinski definition) is 1. The molecule has 1 aliphatic heterocycles. The zero-order valence-corrected chi connectivity index (χ0v) is 19.8. The summed E-state index contributed by atoms with van der Waals surface area (Å²) in [5, 5.41) is 4.33. The number of rotatable bonds is 6. The minimum Gasteiger partial charge on any atom is -0.466 e. The number of amides is 1. The average molecular weight is 461 g/mol. The summed E-state index contributed by atoms with van der Waals surface area (Å²) in [4.78, 5) is 17.7. The van der Waals surface area contributed by atoms with Crippen molar-refractivity contribution >= 4 is 39.0 Å². The van der Waals surface area contributed by atoms with E-state index in [1.807, 2.05) is 32.0 Å². The molecule has 0 atom stereocenters. The highest BCUT2D eigenvalue weighted by molar-refractivity contribution is 7.13.